The summed E-state index contributed by atoms with van der Waals surface area (Å²) in [6.45, 7) is 4.71. The summed E-state index contributed by atoms with van der Waals surface area (Å²) in [6, 6.07) is 9.03. The van der Waals surface area contributed by atoms with Gasteiger partial charge in [0.25, 0.3) is 0 Å². The standard InChI is InChI=1S/C14H21NO3/c1-3-17-10-11(2)18-14(16)13(15)9-12-7-5-4-6-8-12/h4-8,11,13H,3,9-10,15H2,1-2H3/t11?,13-/m1/s1. The number of esters is 1. The maximum atomic E-state index is 11.7. The van der Waals surface area contributed by atoms with Crippen LogP contribution in [0, 0.1) is 0 Å². The molecular weight excluding hydrogens is 230 g/mol. The van der Waals surface area contributed by atoms with Crippen molar-refractivity contribution in [1.29, 1.82) is 0 Å². The van der Waals surface area contributed by atoms with Crippen molar-refractivity contribution < 1.29 is 14.3 Å². The van der Waals surface area contributed by atoms with E-state index in [0.29, 0.717) is 19.6 Å². The number of ether oxygens (including phenoxy) is 2. The van der Waals surface area contributed by atoms with Gasteiger partial charge in [0.05, 0.1) is 6.61 Å². The van der Waals surface area contributed by atoms with Crippen LogP contribution in [0.2, 0.25) is 0 Å². The molecule has 1 aromatic carbocycles. The van der Waals surface area contributed by atoms with E-state index in [1.807, 2.05) is 37.3 Å². The zero-order chi connectivity index (χ0) is 13.4. The molecule has 2 N–H and O–H groups in total. The van der Waals surface area contributed by atoms with Gasteiger partial charge in [-0.1, -0.05) is 30.3 Å². The molecule has 0 spiro atoms. The van der Waals surface area contributed by atoms with Gasteiger partial charge in [-0.15, -0.1) is 0 Å². The first-order valence-corrected chi connectivity index (χ1v) is 6.21. The molecule has 0 bridgehead atoms. The minimum Gasteiger partial charge on any atom is -0.459 e. The molecule has 0 amide bonds. The summed E-state index contributed by atoms with van der Waals surface area (Å²) in [6.07, 6.45) is 0.223. The van der Waals surface area contributed by atoms with Crippen LogP contribution >= 0.6 is 0 Å². The quantitative estimate of drug-likeness (QED) is 0.746. The van der Waals surface area contributed by atoms with Crippen LogP contribution in [0.4, 0.5) is 0 Å². The molecular formula is C14H21NO3. The maximum Gasteiger partial charge on any atom is 0.323 e. The third-order valence-corrected chi connectivity index (χ3v) is 2.48. The lowest BCUT2D eigenvalue weighted by atomic mass is 10.1. The topological polar surface area (TPSA) is 61.5 Å². The van der Waals surface area contributed by atoms with Gasteiger partial charge in [-0.3, -0.25) is 4.79 Å². The molecule has 0 aliphatic heterocycles. The average Bonchev–Trinajstić information content (AvgIpc) is 2.37. The number of carbonyl (C=O) groups excluding carboxylic acids is 1. The molecule has 100 valence electrons. The summed E-state index contributed by atoms with van der Waals surface area (Å²) in [5.74, 6) is -0.383. The van der Waals surface area contributed by atoms with Crippen LogP contribution in [0.25, 0.3) is 0 Å². The highest BCUT2D eigenvalue weighted by molar-refractivity contribution is 5.76. The van der Waals surface area contributed by atoms with E-state index in [2.05, 4.69) is 0 Å². The molecule has 0 saturated carbocycles. The Morgan fingerprint density at radius 2 is 2.00 bits per heavy atom. The number of hydrogen-bond donors (Lipinski definition) is 1. The Kier molecular flexibility index (Phi) is 6.39. The molecule has 0 aliphatic carbocycles. The predicted octanol–water partition coefficient (Wildman–Crippen LogP) is 1.52. The summed E-state index contributed by atoms with van der Waals surface area (Å²) < 4.78 is 10.4. The first-order chi connectivity index (χ1) is 8.63. The Bertz CT molecular complexity index is 353. The summed E-state index contributed by atoms with van der Waals surface area (Å²) in [5.41, 5.74) is 6.84. The number of hydrogen-bond acceptors (Lipinski definition) is 4. The van der Waals surface area contributed by atoms with E-state index in [0.717, 1.165) is 5.56 Å². The van der Waals surface area contributed by atoms with Crippen molar-refractivity contribution in [1.82, 2.24) is 0 Å². The van der Waals surface area contributed by atoms with Crippen LogP contribution in [0.1, 0.15) is 19.4 Å². The van der Waals surface area contributed by atoms with Gasteiger partial charge in [0, 0.05) is 6.61 Å². The van der Waals surface area contributed by atoms with Crippen LogP contribution in [0.3, 0.4) is 0 Å². The van der Waals surface area contributed by atoms with Crippen molar-refractivity contribution >= 4 is 5.97 Å². The highest BCUT2D eigenvalue weighted by Crippen LogP contribution is 2.04. The summed E-state index contributed by atoms with van der Waals surface area (Å²) in [5, 5.41) is 0. The summed E-state index contributed by atoms with van der Waals surface area (Å²) in [4.78, 5) is 11.7. The Morgan fingerprint density at radius 3 is 2.61 bits per heavy atom. The fraction of sp³-hybridized carbons (Fsp3) is 0.500. The van der Waals surface area contributed by atoms with E-state index >= 15 is 0 Å². The monoisotopic (exact) mass is 251 g/mol. The second kappa shape index (κ2) is 7.84. The van der Waals surface area contributed by atoms with E-state index in [-0.39, 0.29) is 12.1 Å². The van der Waals surface area contributed by atoms with Crippen molar-refractivity contribution in [3.05, 3.63) is 35.9 Å². The predicted molar refractivity (Wildman–Crippen MR) is 70.2 cm³/mol. The lowest BCUT2D eigenvalue weighted by Gasteiger charge is -2.16. The normalized spacial score (nSPS) is 13.9. The molecule has 18 heavy (non-hydrogen) atoms. The smallest absolute Gasteiger partial charge is 0.323 e. The maximum absolute atomic E-state index is 11.7. The molecule has 2 atom stereocenters. The van der Waals surface area contributed by atoms with Crippen LogP contribution in [-0.4, -0.2) is 31.3 Å². The lowest BCUT2D eigenvalue weighted by Crippen LogP contribution is -2.37. The molecule has 0 radical (unpaired) electrons. The van der Waals surface area contributed by atoms with Crippen molar-refractivity contribution in [3.8, 4) is 0 Å². The van der Waals surface area contributed by atoms with E-state index in [1.165, 1.54) is 0 Å². The van der Waals surface area contributed by atoms with Gasteiger partial charge in [-0.2, -0.15) is 0 Å². The largest absolute Gasteiger partial charge is 0.459 e. The molecule has 4 nitrogen and oxygen atoms in total. The lowest BCUT2D eigenvalue weighted by molar-refractivity contribution is -0.152. The SMILES string of the molecule is CCOCC(C)OC(=O)[C@H](N)Cc1ccccc1. The molecule has 1 aromatic rings. The van der Waals surface area contributed by atoms with Crippen LogP contribution in [-0.2, 0) is 20.7 Å². The summed E-state index contributed by atoms with van der Waals surface area (Å²) in [7, 11) is 0. The van der Waals surface area contributed by atoms with Gasteiger partial charge in [-0.25, -0.2) is 0 Å². The number of nitrogens with two attached hydrogens (primary N) is 1. The molecule has 0 fully saturated rings. The van der Waals surface area contributed by atoms with Gasteiger partial charge in [0.1, 0.15) is 12.1 Å². The number of rotatable bonds is 7. The second-order valence-corrected chi connectivity index (χ2v) is 4.20. The van der Waals surface area contributed by atoms with Crippen LogP contribution < -0.4 is 5.73 Å². The molecule has 0 aromatic heterocycles. The molecule has 0 aliphatic rings. The zero-order valence-electron chi connectivity index (χ0n) is 11.0. The molecule has 0 heterocycles. The number of carbonyl (C=O) groups is 1. The van der Waals surface area contributed by atoms with Crippen molar-refractivity contribution in [3.63, 3.8) is 0 Å². The van der Waals surface area contributed by atoms with Crippen molar-refractivity contribution in [2.45, 2.75) is 32.4 Å². The Morgan fingerprint density at radius 1 is 1.33 bits per heavy atom. The Hall–Kier alpha value is -1.39. The van der Waals surface area contributed by atoms with Gasteiger partial charge >= 0.3 is 5.97 Å². The van der Waals surface area contributed by atoms with Gasteiger partial charge < -0.3 is 15.2 Å². The number of benzene rings is 1. The van der Waals surface area contributed by atoms with Crippen molar-refractivity contribution in [2.75, 3.05) is 13.2 Å². The van der Waals surface area contributed by atoms with Gasteiger partial charge in [0.2, 0.25) is 0 Å². The first kappa shape index (κ1) is 14.7. The average molecular weight is 251 g/mol. The molecule has 1 rings (SSSR count). The van der Waals surface area contributed by atoms with E-state index in [9.17, 15) is 4.79 Å². The highest BCUT2D eigenvalue weighted by atomic mass is 16.6. The zero-order valence-corrected chi connectivity index (χ0v) is 11.0. The van der Waals surface area contributed by atoms with E-state index in [4.69, 9.17) is 15.2 Å². The fourth-order valence-corrected chi connectivity index (χ4v) is 1.55. The first-order valence-electron chi connectivity index (χ1n) is 6.21. The van der Waals surface area contributed by atoms with Crippen LogP contribution in [0.15, 0.2) is 30.3 Å². The molecule has 0 saturated heterocycles. The third kappa shape index (κ3) is 5.29. The van der Waals surface area contributed by atoms with Gasteiger partial charge in [0.15, 0.2) is 0 Å². The fourth-order valence-electron chi connectivity index (χ4n) is 1.55. The van der Waals surface area contributed by atoms with Crippen molar-refractivity contribution in [2.24, 2.45) is 5.73 Å². The van der Waals surface area contributed by atoms with Crippen LogP contribution in [0.5, 0.6) is 0 Å². The minimum atomic E-state index is -0.628. The second-order valence-electron chi connectivity index (χ2n) is 4.20. The summed E-state index contributed by atoms with van der Waals surface area (Å²) >= 11 is 0. The molecule has 4 heteroatoms. The Labute approximate surface area is 108 Å². The van der Waals surface area contributed by atoms with Gasteiger partial charge in [-0.05, 0) is 25.8 Å². The van der Waals surface area contributed by atoms with E-state index < -0.39 is 6.04 Å². The highest BCUT2D eigenvalue weighted by Gasteiger charge is 2.18. The third-order valence-electron chi connectivity index (χ3n) is 2.48. The Balaban J connectivity index is 2.37. The minimum absolute atomic E-state index is 0.265. The van der Waals surface area contributed by atoms with E-state index in [1.54, 1.807) is 6.92 Å². The molecule has 1 unspecified atom stereocenters.